The average Bonchev–Trinajstić information content (AvgIpc) is 2.80. The maximum Gasteiger partial charge on any atom is 0.0751 e. The van der Waals surface area contributed by atoms with Gasteiger partial charge in [0.25, 0.3) is 0 Å². The molecule has 2 nitrogen and oxygen atoms in total. The first-order valence-electron chi connectivity index (χ1n) is 11.9. The van der Waals surface area contributed by atoms with Gasteiger partial charge in [-0.1, -0.05) is 108 Å². The van der Waals surface area contributed by atoms with Crippen LogP contribution in [0.1, 0.15) is 83.4 Å². The number of benzene rings is 2. The van der Waals surface area contributed by atoms with E-state index in [1.165, 1.54) is 53.8 Å². The van der Waals surface area contributed by atoms with Gasteiger partial charge in [0.05, 0.1) is 11.4 Å². The van der Waals surface area contributed by atoms with E-state index in [4.69, 9.17) is 5.10 Å². The summed E-state index contributed by atoms with van der Waals surface area (Å²) in [6.07, 6.45) is 6.24. The summed E-state index contributed by atoms with van der Waals surface area (Å²) in [6.45, 7) is 12.5. The van der Waals surface area contributed by atoms with E-state index in [0.29, 0.717) is 5.92 Å². The monoisotopic (exact) mass is 404 g/mol. The number of allylic oxidation sites excluding steroid dienone is 1. The van der Waals surface area contributed by atoms with E-state index >= 15 is 0 Å². The van der Waals surface area contributed by atoms with Gasteiger partial charge in [-0.3, -0.25) is 5.43 Å². The number of rotatable bonds is 2. The highest BCUT2D eigenvalue weighted by Crippen LogP contribution is 2.38. The number of aryl methyl sites for hydroxylation is 1. The van der Waals surface area contributed by atoms with Crippen molar-refractivity contribution in [2.45, 2.75) is 73.6 Å². The lowest BCUT2D eigenvalue weighted by molar-refractivity contribution is 0.420. The Bertz CT molecular complexity index is 815. The third kappa shape index (κ3) is 5.84. The minimum absolute atomic E-state index is 0.433. The topological polar surface area (TPSA) is 24.4 Å². The molecule has 162 valence electrons. The minimum atomic E-state index is 0.433. The zero-order valence-electron chi connectivity index (χ0n) is 19.8. The molecule has 2 unspecified atom stereocenters. The van der Waals surface area contributed by atoms with Crippen LogP contribution in [0, 0.1) is 18.8 Å². The quantitative estimate of drug-likeness (QED) is 0.539. The zero-order chi connectivity index (χ0) is 21.9. The Balaban J connectivity index is 0.000000757. The van der Waals surface area contributed by atoms with Crippen molar-refractivity contribution in [3.63, 3.8) is 0 Å². The van der Waals surface area contributed by atoms with Crippen LogP contribution in [0.5, 0.6) is 0 Å². The fraction of sp³-hybridized carbons (Fsp3) is 0.464. The standard InChI is InChI=1S/C24H28N2.2C2H6/c1-17-7-6-10-21-22(16-13-17)24(20-14-11-18(2)12-15-20)26-25-23(21)19-8-4-3-5-9-19;2*1-2/h3-5,8-9,11-12,14-15,17,21,26H,6-7,10,13,16H2,1-2H3;2*1-2H3. The van der Waals surface area contributed by atoms with Crippen LogP contribution in [0.4, 0.5) is 0 Å². The van der Waals surface area contributed by atoms with Gasteiger partial charge < -0.3 is 0 Å². The van der Waals surface area contributed by atoms with Gasteiger partial charge >= 0.3 is 0 Å². The maximum atomic E-state index is 4.86. The SMILES string of the molecule is CC.CC.Cc1ccc(C2=C3CCC(C)CCCC3C(c3ccccc3)=NN2)cc1. The van der Waals surface area contributed by atoms with Crippen LogP contribution in [-0.4, -0.2) is 5.71 Å². The van der Waals surface area contributed by atoms with Crippen molar-refractivity contribution < 1.29 is 0 Å². The minimum Gasteiger partial charge on any atom is -0.278 e. The molecule has 0 saturated heterocycles. The predicted octanol–water partition coefficient (Wildman–Crippen LogP) is 7.98. The molecule has 1 fully saturated rings. The van der Waals surface area contributed by atoms with Crippen molar-refractivity contribution in [2.24, 2.45) is 16.9 Å². The molecule has 2 aromatic carbocycles. The fourth-order valence-electron chi connectivity index (χ4n) is 4.28. The second-order valence-corrected chi connectivity index (χ2v) is 7.87. The molecule has 1 N–H and O–H groups in total. The molecule has 2 aliphatic rings. The molecular weight excluding hydrogens is 364 g/mol. The first-order chi connectivity index (χ1) is 14.7. The largest absolute Gasteiger partial charge is 0.278 e. The molecule has 1 aliphatic heterocycles. The van der Waals surface area contributed by atoms with Crippen LogP contribution in [-0.2, 0) is 0 Å². The molecule has 0 amide bonds. The van der Waals surface area contributed by atoms with Crippen LogP contribution in [0.15, 0.2) is 65.3 Å². The van der Waals surface area contributed by atoms with Crippen molar-refractivity contribution in [1.29, 1.82) is 0 Å². The van der Waals surface area contributed by atoms with Crippen molar-refractivity contribution in [1.82, 2.24) is 5.43 Å². The Morgan fingerprint density at radius 1 is 0.800 bits per heavy atom. The Labute approximate surface area is 184 Å². The van der Waals surface area contributed by atoms with Crippen molar-refractivity contribution >= 4 is 11.4 Å². The zero-order valence-corrected chi connectivity index (χ0v) is 19.8. The summed E-state index contributed by atoms with van der Waals surface area (Å²) < 4.78 is 0. The maximum absolute atomic E-state index is 4.86. The fourth-order valence-corrected chi connectivity index (χ4v) is 4.28. The highest BCUT2D eigenvalue weighted by Gasteiger charge is 2.30. The van der Waals surface area contributed by atoms with E-state index in [9.17, 15) is 0 Å². The number of hydrogen-bond donors (Lipinski definition) is 1. The molecule has 0 aromatic heterocycles. The lowest BCUT2D eigenvalue weighted by atomic mass is 9.77. The van der Waals surface area contributed by atoms with E-state index in [-0.39, 0.29) is 0 Å². The molecular formula is C28H40N2. The highest BCUT2D eigenvalue weighted by molar-refractivity contribution is 6.05. The number of nitrogens with one attached hydrogen (secondary N) is 1. The molecule has 0 spiro atoms. The van der Waals surface area contributed by atoms with E-state index in [0.717, 1.165) is 12.3 Å². The molecule has 4 rings (SSSR count). The van der Waals surface area contributed by atoms with Gasteiger partial charge in [0.2, 0.25) is 0 Å². The average molecular weight is 405 g/mol. The summed E-state index contributed by atoms with van der Waals surface area (Å²) in [5.41, 5.74) is 11.2. The number of hydrazone groups is 1. The molecule has 2 heteroatoms. The third-order valence-electron chi connectivity index (χ3n) is 5.87. The molecule has 1 saturated carbocycles. The van der Waals surface area contributed by atoms with Gasteiger partial charge in [0.1, 0.15) is 0 Å². The van der Waals surface area contributed by atoms with Crippen LogP contribution >= 0.6 is 0 Å². The molecule has 2 atom stereocenters. The summed E-state index contributed by atoms with van der Waals surface area (Å²) >= 11 is 0. The summed E-state index contributed by atoms with van der Waals surface area (Å²) in [4.78, 5) is 0. The summed E-state index contributed by atoms with van der Waals surface area (Å²) in [7, 11) is 0. The van der Waals surface area contributed by atoms with Gasteiger partial charge in [-0.25, -0.2) is 0 Å². The Morgan fingerprint density at radius 2 is 1.47 bits per heavy atom. The van der Waals surface area contributed by atoms with Gasteiger partial charge in [-0.15, -0.1) is 0 Å². The summed E-state index contributed by atoms with van der Waals surface area (Å²) in [5.74, 6) is 1.24. The predicted molar refractivity (Wildman–Crippen MR) is 133 cm³/mol. The molecule has 30 heavy (non-hydrogen) atoms. The molecule has 1 heterocycles. The van der Waals surface area contributed by atoms with Crippen molar-refractivity contribution in [3.05, 3.63) is 76.9 Å². The van der Waals surface area contributed by atoms with Crippen LogP contribution in [0.3, 0.4) is 0 Å². The van der Waals surface area contributed by atoms with Gasteiger partial charge in [-0.2, -0.15) is 5.10 Å². The highest BCUT2D eigenvalue weighted by atomic mass is 15.3. The Hall–Kier alpha value is -2.35. The van der Waals surface area contributed by atoms with Crippen molar-refractivity contribution in [2.75, 3.05) is 0 Å². The van der Waals surface area contributed by atoms with E-state index in [1.54, 1.807) is 5.57 Å². The second kappa shape index (κ2) is 12.4. The smallest absolute Gasteiger partial charge is 0.0751 e. The first-order valence-corrected chi connectivity index (χ1v) is 11.9. The first kappa shape index (κ1) is 23.9. The normalized spacial score (nSPS) is 20.7. The summed E-state index contributed by atoms with van der Waals surface area (Å²) in [5, 5.41) is 4.86. The van der Waals surface area contributed by atoms with Gasteiger partial charge in [-0.05, 0) is 48.8 Å². The van der Waals surface area contributed by atoms with Crippen molar-refractivity contribution in [3.8, 4) is 0 Å². The van der Waals surface area contributed by atoms with Gasteiger partial charge in [0.15, 0.2) is 0 Å². The number of fused-ring (bicyclic) bond motifs is 1. The lowest BCUT2D eigenvalue weighted by Crippen LogP contribution is -2.30. The number of hydrogen-bond acceptors (Lipinski definition) is 2. The lowest BCUT2D eigenvalue weighted by Gasteiger charge is -2.32. The van der Waals surface area contributed by atoms with E-state index in [2.05, 4.69) is 73.9 Å². The van der Waals surface area contributed by atoms with Crippen LogP contribution in [0.2, 0.25) is 0 Å². The van der Waals surface area contributed by atoms with Crippen LogP contribution in [0.25, 0.3) is 5.70 Å². The molecule has 2 aromatic rings. The molecule has 0 radical (unpaired) electrons. The van der Waals surface area contributed by atoms with Gasteiger partial charge in [0, 0.05) is 5.92 Å². The van der Waals surface area contributed by atoms with E-state index < -0.39 is 0 Å². The summed E-state index contributed by atoms with van der Waals surface area (Å²) in [6, 6.07) is 19.5. The third-order valence-corrected chi connectivity index (χ3v) is 5.87. The number of nitrogens with zero attached hydrogens (tertiary/aromatic N) is 1. The Morgan fingerprint density at radius 3 is 2.13 bits per heavy atom. The molecule has 0 bridgehead atoms. The molecule has 1 aliphatic carbocycles. The second-order valence-electron chi connectivity index (χ2n) is 7.87. The van der Waals surface area contributed by atoms with E-state index in [1.807, 2.05) is 27.7 Å². The van der Waals surface area contributed by atoms with Crippen LogP contribution < -0.4 is 5.43 Å². The Kier molecular flexibility index (Phi) is 9.86.